The van der Waals surface area contributed by atoms with Crippen molar-refractivity contribution < 1.29 is 18.0 Å². The highest BCUT2D eigenvalue weighted by molar-refractivity contribution is 8.26. The maximum Gasteiger partial charge on any atom is 0.266 e. The smallest absolute Gasteiger partial charge is 0.266 e. The van der Waals surface area contributed by atoms with E-state index in [-0.39, 0.29) is 11.7 Å². The maximum absolute atomic E-state index is 12.7. The van der Waals surface area contributed by atoms with Gasteiger partial charge in [0.2, 0.25) is 5.91 Å². The van der Waals surface area contributed by atoms with Crippen molar-refractivity contribution in [3.05, 3.63) is 52.3 Å². The van der Waals surface area contributed by atoms with E-state index in [1.54, 1.807) is 13.0 Å². The molecule has 1 aromatic carbocycles. The molecule has 2 atom stereocenters. The fourth-order valence-corrected chi connectivity index (χ4v) is 5.25. The van der Waals surface area contributed by atoms with Crippen LogP contribution in [-0.4, -0.2) is 47.3 Å². The zero-order valence-electron chi connectivity index (χ0n) is 13.8. The van der Waals surface area contributed by atoms with Crippen LogP contribution >= 0.6 is 24.0 Å². The lowest BCUT2D eigenvalue weighted by molar-refractivity contribution is -0.132. The topological polar surface area (TPSA) is 83.6 Å². The quantitative estimate of drug-likeness (QED) is 0.603. The van der Waals surface area contributed by atoms with Crippen LogP contribution in [0.4, 0.5) is 0 Å². The third-order valence-electron chi connectivity index (χ3n) is 3.95. The lowest BCUT2D eigenvalue weighted by atomic mass is 10.2. The van der Waals surface area contributed by atoms with Crippen LogP contribution in [0.1, 0.15) is 12.5 Å². The molecule has 1 aromatic rings. The number of amides is 2. The summed E-state index contributed by atoms with van der Waals surface area (Å²) in [4.78, 5) is 26.8. The van der Waals surface area contributed by atoms with Crippen molar-refractivity contribution in [3.63, 3.8) is 0 Å². The molecule has 9 heteroatoms. The molecule has 1 fully saturated rings. The number of thioether (sulfide) groups is 1. The van der Waals surface area contributed by atoms with E-state index >= 15 is 0 Å². The van der Waals surface area contributed by atoms with Gasteiger partial charge in [0, 0.05) is 5.41 Å². The third kappa shape index (κ3) is 4.05. The molecule has 0 radical (unpaired) electrons. The standard InChI is InChI=1S/C17H16N2O4S3/c1-11(15(20)18-13-7-8-26(22,23)10-13)19-16(21)14(25-17(19)24)9-12-5-3-2-4-6-12/h2-9,11,13H,10H2,1H3,(H,18,20)/b14-9+/t11-,13+/m1/s1. The predicted molar refractivity (Wildman–Crippen MR) is 106 cm³/mol. The van der Waals surface area contributed by atoms with Crippen LogP contribution in [0.5, 0.6) is 0 Å². The first-order valence-electron chi connectivity index (χ1n) is 7.80. The molecular weight excluding hydrogens is 392 g/mol. The van der Waals surface area contributed by atoms with Gasteiger partial charge in [-0.05, 0) is 24.6 Å². The monoisotopic (exact) mass is 408 g/mol. The molecule has 2 heterocycles. The Morgan fingerprint density at radius 1 is 1.38 bits per heavy atom. The molecule has 136 valence electrons. The first-order chi connectivity index (χ1) is 12.3. The Labute approximate surface area is 161 Å². The number of carbonyl (C=O) groups is 2. The van der Waals surface area contributed by atoms with E-state index in [9.17, 15) is 18.0 Å². The van der Waals surface area contributed by atoms with Gasteiger partial charge in [-0.3, -0.25) is 14.5 Å². The van der Waals surface area contributed by atoms with Crippen LogP contribution in [0.3, 0.4) is 0 Å². The fourth-order valence-electron chi connectivity index (χ4n) is 2.60. The summed E-state index contributed by atoms with van der Waals surface area (Å²) < 4.78 is 23.2. The highest BCUT2D eigenvalue weighted by Crippen LogP contribution is 2.34. The minimum Gasteiger partial charge on any atom is -0.347 e. The number of hydrogen-bond acceptors (Lipinski definition) is 6. The molecule has 1 saturated heterocycles. The van der Waals surface area contributed by atoms with E-state index in [4.69, 9.17) is 12.2 Å². The minimum absolute atomic E-state index is 0.169. The summed E-state index contributed by atoms with van der Waals surface area (Å²) in [7, 11) is -3.27. The maximum atomic E-state index is 12.7. The normalized spacial score (nSPS) is 24.3. The molecule has 0 saturated carbocycles. The molecule has 1 N–H and O–H groups in total. The molecule has 0 spiro atoms. The molecule has 0 aliphatic carbocycles. The zero-order valence-corrected chi connectivity index (χ0v) is 16.2. The Morgan fingerprint density at radius 2 is 2.08 bits per heavy atom. The van der Waals surface area contributed by atoms with Gasteiger partial charge in [-0.2, -0.15) is 0 Å². The fraction of sp³-hybridized carbons (Fsp3) is 0.235. The number of rotatable bonds is 4. The molecule has 0 bridgehead atoms. The zero-order chi connectivity index (χ0) is 18.9. The SMILES string of the molecule is C[C@H](C(=O)N[C@H]1C=CS(=O)(=O)C1)N1C(=O)/C(=C\c2ccccc2)SC1=S. The molecule has 0 unspecified atom stereocenters. The van der Waals surface area contributed by atoms with Gasteiger partial charge in [-0.25, -0.2) is 8.42 Å². The van der Waals surface area contributed by atoms with Gasteiger partial charge >= 0.3 is 0 Å². The molecule has 26 heavy (non-hydrogen) atoms. The number of sulfone groups is 1. The number of hydrogen-bond donors (Lipinski definition) is 1. The van der Waals surface area contributed by atoms with E-state index in [0.717, 1.165) is 22.7 Å². The third-order valence-corrected chi connectivity index (χ3v) is 6.67. The van der Waals surface area contributed by atoms with Gasteiger partial charge in [-0.15, -0.1) is 0 Å². The van der Waals surface area contributed by atoms with Gasteiger partial charge in [0.05, 0.1) is 16.7 Å². The summed E-state index contributed by atoms with van der Waals surface area (Å²) in [5.41, 5.74) is 0.867. The Kier molecular flexibility index (Phi) is 5.31. The first-order valence-corrected chi connectivity index (χ1v) is 10.7. The van der Waals surface area contributed by atoms with E-state index in [0.29, 0.717) is 9.23 Å². The van der Waals surface area contributed by atoms with E-state index < -0.39 is 27.8 Å². The second-order valence-electron chi connectivity index (χ2n) is 5.91. The van der Waals surface area contributed by atoms with Crippen molar-refractivity contribution in [1.82, 2.24) is 10.2 Å². The summed E-state index contributed by atoms with van der Waals surface area (Å²) in [6.45, 7) is 1.57. The molecule has 6 nitrogen and oxygen atoms in total. The van der Waals surface area contributed by atoms with Gasteiger partial charge < -0.3 is 5.32 Å². The molecule has 3 rings (SSSR count). The molecule has 2 amide bonds. The first kappa shape index (κ1) is 18.8. The van der Waals surface area contributed by atoms with Crippen molar-refractivity contribution in [1.29, 1.82) is 0 Å². The Hall–Kier alpha value is -1.97. The van der Waals surface area contributed by atoms with E-state index in [2.05, 4.69) is 5.32 Å². The number of nitrogens with zero attached hydrogens (tertiary/aromatic N) is 1. The van der Waals surface area contributed by atoms with Crippen LogP contribution < -0.4 is 5.32 Å². The van der Waals surface area contributed by atoms with Gasteiger partial charge in [0.1, 0.15) is 10.4 Å². The predicted octanol–water partition coefficient (Wildman–Crippen LogP) is 1.70. The summed E-state index contributed by atoms with van der Waals surface area (Å²) in [6.07, 6.45) is 3.16. The second kappa shape index (κ2) is 7.34. The highest BCUT2D eigenvalue weighted by atomic mass is 32.2. The summed E-state index contributed by atoms with van der Waals surface area (Å²) in [6, 6.07) is 7.93. The second-order valence-corrected chi connectivity index (χ2v) is 9.52. The van der Waals surface area contributed by atoms with Crippen molar-refractivity contribution in [2.75, 3.05) is 5.75 Å². The number of thiocarbonyl (C=S) groups is 1. The average molecular weight is 409 g/mol. The van der Waals surface area contributed by atoms with Gasteiger partial charge in [0.15, 0.2) is 9.84 Å². The van der Waals surface area contributed by atoms with Gasteiger partial charge in [-0.1, -0.05) is 54.3 Å². The van der Waals surface area contributed by atoms with E-state index in [1.165, 1.54) is 11.0 Å². The highest BCUT2D eigenvalue weighted by Gasteiger charge is 2.38. The lowest BCUT2D eigenvalue weighted by Gasteiger charge is -2.23. The summed E-state index contributed by atoms with van der Waals surface area (Å²) in [5, 5.41) is 3.72. The van der Waals surface area contributed by atoms with Crippen molar-refractivity contribution in [3.8, 4) is 0 Å². The Morgan fingerprint density at radius 3 is 2.69 bits per heavy atom. The van der Waals surface area contributed by atoms with Crippen molar-refractivity contribution in [2.45, 2.75) is 19.0 Å². The number of benzene rings is 1. The van der Waals surface area contributed by atoms with Crippen LogP contribution in [-0.2, 0) is 19.4 Å². The number of carbonyl (C=O) groups excluding carboxylic acids is 2. The van der Waals surface area contributed by atoms with Crippen LogP contribution in [0, 0.1) is 0 Å². The van der Waals surface area contributed by atoms with Crippen LogP contribution in [0.25, 0.3) is 6.08 Å². The average Bonchev–Trinajstić information content (AvgIpc) is 3.06. The largest absolute Gasteiger partial charge is 0.347 e. The Bertz CT molecular complexity index is 923. The summed E-state index contributed by atoms with van der Waals surface area (Å²) >= 11 is 6.41. The molecule has 0 aromatic heterocycles. The molecule has 2 aliphatic rings. The van der Waals surface area contributed by atoms with Gasteiger partial charge in [0.25, 0.3) is 5.91 Å². The molecule has 2 aliphatic heterocycles. The van der Waals surface area contributed by atoms with Crippen LogP contribution in [0.15, 0.2) is 46.7 Å². The lowest BCUT2D eigenvalue weighted by Crippen LogP contribution is -2.49. The van der Waals surface area contributed by atoms with Crippen molar-refractivity contribution in [2.24, 2.45) is 0 Å². The minimum atomic E-state index is -3.27. The molecular formula is C17H16N2O4S3. The van der Waals surface area contributed by atoms with E-state index in [1.807, 2.05) is 30.3 Å². The summed E-state index contributed by atoms with van der Waals surface area (Å²) in [5.74, 6) is -0.951. The Balaban J connectivity index is 1.71. The number of nitrogens with one attached hydrogen (secondary N) is 1. The van der Waals surface area contributed by atoms with Crippen LogP contribution in [0.2, 0.25) is 0 Å². The van der Waals surface area contributed by atoms with Crippen molar-refractivity contribution >= 4 is 56.0 Å².